The summed E-state index contributed by atoms with van der Waals surface area (Å²) in [5, 5.41) is 12.4. The van der Waals surface area contributed by atoms with E-state index in [1.54, 1.807) is 6.92 Å². The summed E-state index contributed by atoms with van der Waals surface area (Å²) in [6.45, 7) is 5.35. The van der Waals surface area contributed by atoms with E-state index in [-0.39, 0.29) is 0 Å². The molecule has 0 radical (unpaired) electrons. The van der Waals surface area contributed by atoms with Crippen LogP contribution in [0, 0.1) is 0 Å². The third-order valence-corrected chi connectivity index (χ3v) is 4.47. The van der Waals surface area contributed by atoms with Gasteiger partial charge in [-0.2, -0.15) is 0 Å². The largest absolute Gasteiger partial charge is 0.480 e. The molecule has 0 fully saturated rings. The van der Waals surface area contributed by atoms with Crippen LogP contribution in [-0.4, -0.2) is 32.7 Å². The summed E-state index contributed by atoms with van der Waals surface area (Å²) in [5.74, 6) is -0.760. The molecule has 1 heterocycles. The summed E-state index contributed by atoms with van der Waals surface area (Å²) < 4.78 is 2.26. The lowest BCUT2D eigenvalue weighted by Gasteiger charge is -2.25. The van der Waals surface area contributed by atoms with Gasteiger partial charge >= 0.3 is 5.97 Å². The van der Waals surface area contributed by atoms with Crippen molar-refractivity contribution in [2.75, 3.05) is 6.54 Å². The number of hydrogen-bond donors (Lipinski definition) is 2. The van der Waals surface area contributed by atoms with Gasteiger partial charge in [0.05, 0.1) is 12.0 Å². The minimum absolute atomic E-state index is 0.660. The van der Waals surface area contributed by atoms with E-state index in [2.05, 4.69) is 14.9 Å². The average Bonchev–Trinajstić information content (AvgIpc) is 2.87. The third kappa shape index (κ3) is 3.84. The molecule has 21 heavy (non-hydrogen) atoms. The number of unbranched alkanes of at least 4 members (excludes halogenated alkanes) is 1. The Morgan fingerprint density at radius 1 is 1.43 bits per heavy atom. The molecule has 0 saturated heterocycles. The highest BCUT2D eigenvalue weighted by Crippen LogP contribution is 2.21. The highest BCUT2D eigenvalue weighted by molar-refractivity contribution is 5.78. The Morgan fingerprint density at radius 2 is 2.19 bits per heavy atom. The van der Waals surface area contributed by atoms with Gasteiger partial charge < -0.3 is 15.0 Å². The van der Waals surface area contributed by atoms with Gasteiger partial charge in [-0.3, -0.25) is 4.79 Å². The van der Waals surface area contributed by atoms with Crippen LogP contribution in [0.4, 0.5) is 0 Å². The molecule has 2 rings (SSSR count). The Balaban J connectivity index is 1.82. The first-order valence-electron chi connectivity index (χ1n) is 8.08. The summed E-state index contributed by atoms with van der Waals surface area (Å²) >= 11 is 0. The van der Waals surface area contributed by atoms with E-state index < -0.39 is 11.5 Å². The molecule has 1 aliphatic rings. The molecule has 0 aromatic carbocycles. The van der Waals surface area contributed by atoms with E-state index in [0.717, 1.165) is 32.2 Å². The molecule has 0 spiro atoms. The second-order valence-corrected chi connectivity index (χ2v) is 6.16. The minimum atomic E-state index is -0.802. The van der Waals surface area contributed by atoms with E-state index in [1.807, 2.05) is 13.3 Å². The van der Waals surface area contributed by atoms with Crippen LogP contribution in [0.3, 0.4) is 0 Å². The van der Waals surface area contributed by atoms with Crippen molar-refractivity contribution in [2.45, 2.75) is 70.9 Å². The van der Waals surface area contributed by atoms with E-state index in [9.17, 15) is 9.90 Å². The Bertz CT molecular complexity index is 484. The van der Waals surface area contributed by atoms with Crippen LogP contribution in [0.5, 0.6) is 0 Å². The maximum Gasteiger partial charge on any atom is 0.323 e. The molecular formula is C16H27N3O2. The van der Waals surface area contributed by atoms with Crippen LogP contribution in [0.15, 0.2) is 6.33 Å². The van der Waals surface area contributed by atoms with Gasteiger partial charge in [-0.1, -0.05) is 6.92 Å². The predicted octanol–water partition coefficient (Wildman–Crippen LogP) is 2.38. The molecular weight excluding hydrogens is 266 g/mol. The molecule has 1 aliphatic carbocycles. The van der Waals surface area contributed by atoms with E-state index in [1.165, 1.54) is 24.2 Å². The Morgan fingerprint density at radius 3 is 2.90 bits per heavy atom. The van der Waals surface area contributed by atoms with Gasteiger partial charge in [0.2, 0.25) is 0 Å². The van der Waals surface area contributed by atoms with Gasteiger partial charge in [-0.25, -0.2) is 4.98 Å². The normalized spacial score (nSPS) is 17.2. The predicted molar refractivity (Wildman–Crippen MR) is 82.4 cm³/mol. The van der Waals surface area contributed by atoms with Gasteiger partial charge in [-0.05, 0) is 58.4 Å². The summed E-state index contributed by atoms with van der Waals surface area (Å²) in [5.41, 5.74) is 1.86. The van der Waals surface area contributed by atoms with Crippen molar-refractivity contribution in [1.29, 1.82) is 0 Å². The van der Waals surface area contributed by atoms with Crippen molar-refractivity contribution in [2.24, 2.45) is 0 Å². The summed E-state index contributed by atoms with van der Waals surface area (Å²) in [6.07, 6.45) is 9.28. The SMILES string of the molecule is CCNC(C)(CCCCn1cnc2c1CCCC2)C(=O)O. The number of carboxylic acids is 1. The molecule has 0 aliphatic heterocycles. The van der Waals surface area contributed by atoms with E-state index in [4.69, 9.17) is 0 Å². The Hall–Kier alpha value is -1.36. The molecule has 5 nitrogen and oxygen atoms in total. The van der Waals surface area contributed by atoms with Gasteiger partial charge in [0, 0.05) is 12.2 Å². The number of fused-ring (bicyclic) bond motifs is 1. The number of imidazole rings is 1. The molecule has 1 atom stereocenters. The number of aryl methyl sites for hydroxylation is 2. The smallest absolute Gasteiger partial charge is 0.323 e. The van der Waals surface area contributed by atoms with Crippen molar-refractivity contribution in [3.63, 3.8) is 0 Å². The van der Waals surface area contributed by atoms with Crippen LogP contribution >= 0.6 is 0 Å². The van der Waals surface area contributed by atoms with Crippen molar-refractivity contribution in [1.82, 2.24) is 14.9 Å². The molecule has 2 N–H and O–H groups in total. The van der Waals surface area contributed by atoms with Crippen LogP contribution in [0.1, 0.15) is 57.3 Å². The monoisotopic (exact) mass is 293 g/mol. The Labute approximate surface area is 126 Å². The minimum Gasteiger partial charge on any atom is -0.480 e. The molecule has 118 valence electrons. The molecule has 0 amide bonds. The second-order valence-electron chi connectivity index (χ2n) is 6.16. The zero-order valence-electron chi connectivity index (χ0n) is 13.2. The fourth-order valence-corrected chi connectivity index (χ4v) is 3.15. The number of aromatic nitrogens is 2. The fourth-order valence-electron chi connectivity index (χ4n) is 3.15. The zero-order chi connectivity index (χ0) is 15.3. The lowest BCUT2D eigenvalue weighted by molar-refractivity contribution is -0.144. The third-order valence-electron chi connectivity index (χ3n) is 4.47. The maximum atomic E-state index is 11.3. The van der Waals surface area contributed by atoms with Crippen LogP contribution < -0.4 is 5.32 Å². The molecule has 0 saturated carbocycles. The summed E-state index contributed by atoms with van der Waals surface area (Å²) in [6, 6.07) is 0. The zero-order valence-corrected chi connectivity index (χ0v) is 13.2. The first-order valence-corrected chi connectivity index (χ1v) is 8.08. The quantitative estimate of drug-likeness (QED) is 0.722. The number of nitrogens with one attached hydrogen (secondary N) is 1. The fraction of sp³-hybridized carbons (Fsp3) is 0.750. The molecule has 1 aromatic rings. The summed E-state index contributed by atoms with van der Waals surface area (Å²) in [7, 11) is 0. The number of rotatable bonds is 8. The van der Waals surface area contributed by atoms with Crippen molar-refractivity contribution in [3.05, 3.63) is 17.7 Å². The Kier molecular flexibility index (Phi) is 5.39. The van der Waals surface area contributed by atoms with Crippen molar-refractivity contribution in [3.8, 4) is 0 Å². The highest BCUT2D eigenvalue weighted by atomic mass is 16.4. The van der Waals surface area contributed by atoms with E-state index in [0.29, 0.717) is 13.0 Å². The first-order chi connectivity index (χ1) is 10.1. The maximum absolute atomic E-state index is 11.3. The lowest BCUT2D eigenvalue weighted by atomic mass is 9.95. The number of carboxylic acid groups (broad SMARTS) is 1. The van der Waals surface area contributed by atoms with Crippen molar-refractivity contribution < 1.29 is 9.90 Å². The molecule has 1 unspecified atom stereocenters. The number of nitrogens with zero attached hydrogens (tertiary/aromatic N) is 2. The topological polar surface area (TPSA) is 67.2 Å². The average molecular weight is 293 g/mol. The van der Waals surface area contributed by atoms with E-state index >= 15 is 0 Å². The number of aliphatic carboxylic acids is 1. The van der Waals surface area contributed by atoms with Crippen LogP contribution in [0.25, 0.3) is 0 Å². The second kappa shape index (κ2) is 7.07. The molecule has 5 heteroatoms. The highest BCUT2D eigenvalue weighted by Gasteiger charge is 2.31. The van der Waals surface area contributed by atoms with Crippen LogP contribution in [0.2, 0.25) is 0 Å². The molecule has 1 aromatic heterocycles. The van der Waals surface area contributed by atoms with Gasteiger partial charge in [-0.15, -0.1) is 0 Å². The summed E-state index contributed by atoms with van der Waals surface area (Å²) in [4.78, 5) is 15.8. The standard InChI is InChI=1S/C16H27N3O2/c1-3-18-16(2,15(20)21)10-6-7-11-19-12-17-13-8-4-5-9-14(13)19/h12,18H,3-11H2,1-2H3,(H,20,21). The lowest BCUT2D eigenvalue weighted by Crippen LogP contribution is -2.49. The first kappa shape index (κ1) is 16.0. The van der Waals surface area contributed by atoms with Gasteiger partial charge in [0.15, 0.2) is 0 Å². The number of likely N-dealkylation sites (N-methyl/N-ethyl adjacent to an activating group) is 1. The van der Waals surface area contributed by atoms with Crippen LogP contribution in [-0.2, 0) is 24.2 Å². The van der Waals surface area contributed by atoms with Crippen molar-refractivity contribution >= 4 is 5.97 Å². The molecule has 0 bridgehead atoms. The van der Waals surface area contributed by atoms with Gasteiger partial charge in [0.1, 0.15) is 5.54 Å². The number of carbonyl (C=O) groups is 1. The number of hydrogen-bond acceptors (Lipinski definition) is 3. The van der Waals surface area contributed by atoms with Gasteiger partial charge in [0.25, 0.3) is 0 Å².